The number of sulfonamides is 1. The lowest BCUT2D eigenvalue weighted by Gasteiger charge is -2.09. The number of rotatable bonds is 8. The zero-order valence-corrected chi connectivity index (χ0v) is 14.6. The third-order valence-corrected chi connectivity index (χ3v) is 5.01. The summed E-state index contributed by atoms with van der Waals surface area (Å²) in [5, 5.41) is 0.241. The van der Waals surface area contributed by atoms with Crippen LogP contribution in [0.4, 0.5) is 0 Å². The van der Waals surface area contributed by atoms with Gasteiger partial charge in [-0.15, -0.1) is 0 Å². The molecule has 0 saturated heterocycles. The molecule has 4 nitrogen and oxygen atoms in total. The number of unbranched alkanes of at least 4 members (excludes halogenated alkanes) is 1. The summed E-state index contributed by atoms with van der Waals surface area (Å²) in [7, 11) is -3.54. The molecule has 1 aromatic carbocycles. The first-order valence-electron chi connectivity index (χ1n) is 6.83. The molecule has 0 unspecified atom stereocenters. The third-order valence-electron chi connectivity index (χ3n) is 3.02. The Kier molecular flexibility index (Phi) is 7.06. The first kappa shape index (κ1) is 18.4. The molecule has 0 fully saturated rings. The maximum Gasteiger partial charge on any atom is 0.240 e. The number of nitrogens with two attached hydrogens (primary N) is 1. The van der Waals surface area contributed by atoms with Gasteiger partial charge in [-0.25, -0.2) is 13.1 Å². The molecule has 0 aliphatic rings. The van der Waals surface area contributed by atoms with Crippen molar-refractivity contribution in [2.45, 2.75) is 38.0 Å². The minimum atomic E-state index is -3.54. The van der Waals surface area contributed by atoms with Gasteiger partial charge >= 0.3 is 0 Å². The van der Waals surface area contributed by atoms with Gasteiger partial charge in [0.2, 0.25) is 10.0 Å². The van der Waals surface area contributed by atoms with Crippen molar-refractivity contribution in [2.24, 2.45) is 11.7 Å². The number of nitrogens with one attached hydrogen (secondary N) is 1. The van der Waals surface area contributed by atoms with Crippen LogP contribution in [0.3, 0.4) is 0 Å². The second-order valence-electron chi connectivity index (χ2n) is 5.29. The first-order valence-corrected chi connectivity index (χ1v) is 9.10. The molecule has 0 aliphatic heterocycles. The van der Waals surface area contributed by atoms with Crippen LogP contribution in [0.2, 0.25) is 5.02 Å². The van der Waals surface area contributed by atoms with E-state index in [0.29, 0.717) is 18.0 Å². The van der Waals surface area contributed by atoms with Crippen LogP contribution in [0, 0.1) is 5.92 Å². The zero-order valence-electron chi connectivity index (χ0n) is 12.2. The lowest BCUT2D eigenvalue weighted by molar-refractivity contribution is 0.530. The van der Waals surface area contributed by atoms with Crippen LogP contribution in [0.25, 0.3) is 0 Å². The summed E-state index contributed by atoms with van der Waals surface area (Å²) in [4.78, 5) is 0.266. The Morgan fingerprint density at radius 3 is 2.57 bits per heavy atom. The fraction of sp³-hybridized carbons (Fsp3) is 0.500. The number of benzene rings is 1. The molecule has 0 bridgehead atoms. The molecule has 21 heavy (non-hydrogen) atoms. The molecule has 1 aromatic rings. The SMILES string of the molecule is CC(C)CCCCNS(=O)(=O)c1ccc(C(N)=S)c(Cl)c1. The average Bonchev–Trinajstić information content (AvgIpc) is 2.37. The molecule has 0 heterocycles. The van der Waals surface area contributed by atoms with E-state index < -0.39 is 10.0 Å². The lowest BCUT2D eigenvalue weighted by atomic mass is 10.1. The van der Waals surface area contributed by atoms with Crippen LogP contribution in [0.5, 0.6) is 0 Å². The van der Waals surface area contributed by atoms with Crippen LogP contribution >= 0.6 is 23.8 Å². The number of hydrogen-bond acceptors (Lipinski definition) is 3. The molecule has 0 amide bonds. The van der Waals surface area contributed by atoms with Crippen molar-refractivity contribution >= 4 is 38.8 Å². The molecule has 1 rings (SSSR count). The van der Waals surface area contributed by atoms with E-state index in [1.54, 1.807) is 0 Å². The predicted octanol–water partition coefficient (Wildman–Crippen LogP) is 3.08. The first-order chi connectivity index (χ1) is 9.74. The highest BCUT2D eigenvalue weighted by molar-refractivity contribution is 7.89. The average molecular weight is 349 g/mol. The normalized spacial score (nSPS) is 11.8. The molecule has 3 N–H and O–H groups in total. The Hall–Kier alpha value is -0.690. The maximum absolute atomic E-state index is 12.1. The summed E-state index contributed by atoms with van der Waals surface area (Å²) in [5.41, 5.74) is 5.97. The van der Waals surface area contributed by atoms with E-state index >= 15 is 0 Å². The van der Waals surface area contributed by atoms with E-state index in [4.69, 9.17) is 29.6 Å². The van der Waals surface area contributed by atoms with Gasteiger partial charge in [0, 0.05) is 12.1 Å². The fourth-order valence-electron chi connectivity index (χ4n) is 1.83. The van der Waals surface area contributed by atoms with Gasteiger partial charge in [-0.2, -0.15) is 0 Å². The van der Waals surface area contributed by atoms with Gasteiger partial charge < -0.3 is 5.73 Å². The summed E-state index contributed by atoms with van der Waals surface area (Å²) in [6, 6.07) is 4.35. The van der Waals surface area contributed by atoms with Crippen molar-refractivity contribution in [2.75, 3.05) is 6.54 Å². The molecule has 0 aromatic heterocycles. The van der Waals surface area contributed by atoms with Crippen LogP contribution in [0.1, 0.15) is 38.7 Å². The predicted molar refractivity (Wildman–Crippen MR) is 91.2 cm³/mol. The van der Waals surface area contributed by atoms with Gasteiger partial charge in [0.05, 0.1) is 9.92 Å². The molecular weight excluding hydrogens is 328 g/mol. The van der Waals surface area contributed by atoms with Gasteiger partial charge in [-0.1, -0.05) is 50.5 Å². The third kappa shape index (κ3) is 5.90. The van der Waals surface area contributed by atoms with Gasteiger partial charge in [0.15, 0.2) is 0 Å². The monoisotopic (exact) mass is 348 g/mol. The van der Waals surface area contributed by atoms with Crippen LogP contribution in [-0.2, 0) is 10.0 Å². The van der Waals surface area contributed by atoms with Crippen molar-refractivity contribution < 1.29 is 8.42 Å². The topological polar surface area (TPSA) is 72.2 Å². The second-order valence-corrected chi connectivity index (χ2v) is 7.91. The Balaban J connectivity index is 2.66. The van der Waals surface area contributed by atoms with E-state index in [1.807, 2.05) is 0 Å². The second kappa shape index (κ2) is 8.08. The minimum Gasteiger partial charge on any atom is -0.389 e. The molecule has 118 valence electrons. The van der Waals surface area contributed by atoms with E-state index in [2.05, 4.69) is 18.6 Å². The Labute approximate surface area is 137 Å². The molecule has 0 saturated carbocycles. The maximum atomic E-state index is 12.1. The van der Waals surface area contributed by atoms with Crippen molar-refractivity contribution in [1.29, 1.82) is 0 Å². The highest BCUT2D eigenvalue weighted by Gasteiger charge is 2.15. The van der Waals surface area contributed by atoms with E-state index in [-0.39, 0.29) is 14.9 Å². The fourth-order valence-corrected chi connectivity index (χ4v) is 3.51. The minimum absolute atomic E-state index is 0.122. The van der Waals surface area contributed by atoms with E-state index in [9.17, 15) is 8.42 Å². The molecule has 0 atom stereocenters. The standard InChI is InChI=1S/C14H21ClN2O2S2/c1-10(2)5-3-4-8-17-21(18,19)11-6-7-12(14(16)20)13(15)9-11/h6-7,9-10,17H,3-5,8H2,1-2H3,(H2,16,20). The highest BCUT2D eigenvalue weighted by atomic mass is 35.5. The Morgan fingerprint density at radius 2 is 2.05 bits per heavy atom. The molecule has 7 heteroatoms. The molecule has 0 radical (unpaired) electrons. The van der Waals surface area contributed by atoms with Crippen molar-refractivity contribution in [3.8, 4) is 0 Å². The van der Waals surface area contributed by atoms with Gasteiger partial charge in [0.1, 0.15) is 4.99 Å². The quantitative estimate of drug-likeness (QED) is 0.559. The number of thiocarbonyl (C=S) groups is 1. The summed E-state index contributed by atoms with van der Waals surface area (Å²) in [6.45, 7) is 4.72. The van der Waals surface area contributed by atoms with Gasteiger partial charge in [0.25, 0.3) is 0 Å². The smallest absolute Gasteiger partial charge is 0.240 e. The van der Waals surface area contributed by atoms with E-state index in [1.165, 1.54) is 18.2 Å². The van der Waals surface area contributed by atoms with Crippen molar-refractivity contribution in [3.63, 3.8) is 0 Å². The molecular formula is C14H21ClN2O2S2. The number of hydrogen-bond donors (Lipinski definition) is 2. The number of halogens is 1. The Morgan fingerprint density at radius 1 is 1.38 bits per heavy atom. The van der Waals surface area contributed by atoms with Gasteiger partial charge in [-0.3, -0.25) is 0 Å². The lowest BCUT2D eigenvalue weighted by Crippen LogP contribution is -2.25. The molecule has 0 spiro atoms. The highest BCUT2D eigenvalue weighted by Crippen LogP contribution is 2.20. The Bertz CT molecular complexity index is 601. The molecule has 0 aliphatic carbocycles. The van der Waals surface area contributed by atoms with Crippen molar-refractivity contribution in [1.82, 2.24) is 4.72 Å². The van der Waals surface area contributed by atoms with Gasteiger partial charge in [-0.05, 0) is 30.5 Å². The largest absolute Gasteiger partial charge is 0.389 e. The summed E-state index contributed by atoms with van der Waals surface area (Å²) in [5.74, 6) is 0.632. The van der Waals surface area contributed by atoms with Crippen LogP contribution < -0.4 is 10.5 Å². The zero-order chi connectivity index (χ0) is 16.0. The summed E-state index contributed by atoms with van der Waals surface area (Å²) < 4.78 is 26.8. The summed E-state index contributed by atoms with van der Waals surface area (Å²) in [6.07, 6.45) is 2.91. The van der Waals surface area contributed by atoms with Crippen LogP contribution in [-0.4, -0.2) is 20.0 Å². The van der Waals surface area contributed by atoms with E-state index in [0.717, 1.165) is 19.3 Å². The van der Waals surface area contributed by atoms with Crippen LogP contribution in [0.15, 0.2) is 23.1 Å². The summed E-state index contributed by atoms with van der Waals surface area (Å²) >= 11 is 10.8. The van der Waals surface area contributed by atoms with Crippen molar-refractivity contribution in [3.05, 3.63) is 28.8 Å².